The molecule has 4 N–H and O–H groups in total. The summed E-state index contributed by atoms with van der Waals surface area (Å²) in [6.07, 6.45) is 1.84. The Morgan fingerprint density at radius 2 is 2.11 bits per heavy atom. The number of nitrogens with two attached hydrogens (primary N) is 1. The van der Waals surface area contributed by atoms with E-state index in [4.69, 9.17) is 15.2 Å². The number of pyridine rings is 2. The molecule has 0 aliphatic carbocycles. The molecule has 3 aromatic rings. The van der Waals surface area contributed by atoms with Crippen LogP contribution in [0, 0.1) is 12.7 Å². The first-order chi connectivity index (χ1) is 16.8. The lowest BCUT2D eigenvalue weighted by Crippen LogP contribution is -2.47. The second kappa shape index (κ2) is 9.16. The molecule has 1 saturated heterocycles. The predicted octanol–water partition coefficient (Wildman–Crippen LogP) is 2.95. The van der Waals surface area contributed by atoms with E-state index in [0.717, 1.165) is 11.3 Å². The van der Waals surface area contributed by atoms with Crippen LogP contribution in [0.1, 0.15) is 5.56 Å². The largest absolute Gasteiger partial charge is 0.474 e. The zero-order valence-corrected chi connectivity index (χ0v) is 19.5. The third kappa shape index (κ3) is 4.17. The van der Waals surface area contributed by atoms with Crippen LogP contribution in [0.5, 0.6) is 5.88 Å². The van der Waals surface area contributed by atoms with Crippen molar-refractivity contribution >= 4 is 34.1 Å². The number of amides is 1. The molecule has 2 aliphatic heterocycles. The number of aromatic nitrogens is 2. The summed E-state index contributed by atoms with van der Waals surface area (Å²) in [6.45, 7) is 4.99. The van der Waals surface area contributed by atoms with Gasteiger partial charge < -0.3 is 30.5 Å². The Bertz CT molecular complexity index is 1300. The number of hydrogen-bond acceptors (Lipinski definition) is 8. The van der Waals surface area contributed by atoms with E-state index in [9.17, 15) is 9.90 Å². The fourth-order valence-corrected chi connectivity index (χ4v) is 4.65. The fraction of sp³-hybridized carbons (Fsp3) is 0.375. The molecule has 2 aromatic heterocycles. The molecule has 2 aliphatic rings. The van der Waals surface area contributed by atoms with Gasteiger partial charge in [-0.15, -0.1) is 0 Å². The van der Waals surface area contributed by atoms with E-state index >= 15 is 4.39 Å². The zero-order chi connectivity index (χ0) is 24.7. The van der Waals surface area contributed by atoms with Gasteiger partial charge in [0.1, 0.15) is 18.1 Å². The van der Waals surface area contributed by atoms with Crippen LogP contribution in [0.15, 0.2) is 24.5 Å². The minimum atomic E-state index is -1.14. The van der Waals surface area contributed by atoms with E-state index in [1.54, 1.807) is 18.3 Å². The number of halogens is 1. The molecule has 5 rings (SSSR count). The van der Waals surface area contributed by atoms with Crippen molar-refractivity contribution in [1.82, 2.24) is 14.9 Å². The number of carboxylic acid groups (broad SMARTS) is 1. The minimum absolute atomic E-state index is 0.0581. The van der Waals surface area contributed by atoms with E-state index in [1.165, 1.54) is 11.1 Å². The lowest BCUT2D eigenvalue weighted by molar-refractivity contribution is 0.133. The highest BCUT2D eigenvalue weighted by atomic mass is 19.1. The van der Waals surface area contributed by atoms with Crippen molar-refractivity contribution in [3.05, 3.63) is 35.9 Å². The lowest BCUT2D eigenvalue weighted by Gasteiger charge is -2.29. The van der Waals surface area contributed by atoms with Crippen molar-refractivity contribution in [1.29, 1.82) is 0 Å². The SMILES string of the molecule is Cc1c(-c2cc3cc(N(C(=O)O)C4COCCN(C)C4)ncc3c(N)c2F)cnc2c1NCCO2. The Labute approximate surface area is 201 Å². The first-order valence-corrected chi connectivity index (χ1v) is 11.4. The van der Waals surface area contributed by atoms with E-state index in [-0.39, 0.29) is 23.7 Å². The molecule has 0 saturated carbocycles. The van der Waals surface area contributed by atoms with Crippen LogP contribution in [0.25, 0.3) is 21.9 Å². The van der Waals surface area contributed by atoms with Crippen molar-refractivity contribution in [3.8, 4) is 17.0 Å². The van der Waals surface area contributed by atoms with E-state index < -0.39 is 18.0 Å². The van der Waals surface area contributed by atoms with Gasteiger partial charge in [0.15, 0.2) is 5.82 Å². The standard InChI is InChI=1S/C24H27FN6O4/c1-13-17(9-29-23-22(13)27-3-5-35-23)16-7-14-8-19(28-10-18(14)21(26)20(16)25)31(24(32)33)15-11-30(2)4-6-34-12-15/h7-10,15,27H,3-6,11-12,26H2,1-2H3,(H,32,33). The average Bonchev–Trinajstić information content (AvgIpc) is 3.06. The lowest BCUT2D eigenvalue weighted by atomic mass is 9.97. The molecule has 0 spiro atoms. The zero-order valence-electron chi connectivity index (χ0n) is 19.5. The van der Waals surface area contributed by atoms with Crippen LogP contribution in [-0.4, -0.2) is 78.6 Å². The van der Waals surface area contributed by atoms with Gasteiger partial charge in [0, 0.05) is 48.5 Å². The number of carbonyl (C=O) groups is 1. The molecule has 0 bridgehead atoms. The van der Waals surface area contributed by atoms with Crippen molar-refractivity contribution in [2.24, 2.45) is 0 Å². The number of anilines is 3. The normalized spacial score (nSPS) is 18.3. The molecule has 1 unspecified atom stereocenters. The molecular weight excluding hydrogens is 455 g/mol. The van der Waals surface area contributed by atoms with Crippen LogP contribution in [0.3, 0.4) is 0 Å². The quantitative estimate of drug-likeness (QED) is 0.483. The van der Waals surface area contributed by atoms with Gasteiger partial charge >= 0.3 is 6.09 Å². The topological polar surface area (TPSA) is 126 Å². The maximum absolute atomic E-state index is 15.4. The van der Waals surface area contributed by atoms with Crippen LogP contribution in [-0.2, 0) is 4.74 Å². The summed E-state index contributed by atoms with van der Waals surface area (Å²) in [6, 6.07) is 2.83. The number of nitrogens with one attached hydrogen (secondary N) is 1. The number of nitrogen functional groups attached to an aromatic ring is 1. The van der Waals surface area contributed by atoms with Crippen molar-refractivity contribution in [3.63, 3.8) is 0 Å². The third-order valence-electron chi connectivity index (χ3n) is 6.49. The molecule has 184 valence electrons. The highest BCUT2D eigenvalue weighted by Gasteiger charge is 2.30. The number of likely N-dealkylation sites (N-methyl/N-ethyl adjacent to an activating group) is 1. The summed E-state index contributed by atoms with van der Waals surface area (Å²) in [5, 5.41) is 14.2. The van der Waals surface area contributed by atoms with Crippen LogP contribution < -0.4 is 20.7 Å². The molecular formula is C24H27FN6O4. The second-order valence-electron chi connectivity index (χ2n) is 8.81. The van der Waals surface area contributed by atoms with Gasteiger partial charge in [-0.2, -0.15) is 0 Å². The Morgan fingerprint density at radius 1 is 1.29 bits per heavy atom. The number of ether oxygens (including phenoxy) is 2. The van der Waals surface area contributed by atoms with Gasteiger partial charge in [0.05, 0.1) is 24.9 Å². The van der Waals surface area contributed by atoms with Crippen molar-refractivity contribution in [2.45, 2.75) is 13.0 Å². The highest BCUT2D eigenvalue weighted by Crippen LogP contribution is 2.40. The van der Waals surface area contributed by atoms with E-state index in [2.05, 4.69) is 15.3 Å². The van der Waals surface area contributed by atoms with Gasteiger partial charge in [-0.3, -0.25) is 4.90 Å². The first-order valence-electron chi connectivity index (χ1n) is 11.4. The molecule has 1 amide bonds. The summed E-state index contributed by atoms with van der Waals surface area (Å²) in [7, 11) is 1.92. The molecule has 1 fully saturated rings. The Kier molecular flexibility index (Phi) is 6.03. The summed E-state index contributed by atoms with van der Waals surface area (Å²) in [5.74, 6) is 0.120. The number of benzene rings is 1. The molecule has 0 radical (unpaired) electrons. The average molecular weight is 483 g/mol. The van der Waals surface area contributed by atoms with Gasteiger partial charge in [-0.1, -0.05) is 0 Å². The molecule has 4 heterocycles. The maximum Gasteiger partial charge on any atom is 0.413 e. The van der Waals surface area contributed by atoms with E-state index in [0.29, 0.717) is 55.1 Å². The van der Waals surface area contributed by atoms with Crippen LogP contribution in [0.4, 0.5) is 26.4 Å². The monoisotopic (exact) mass is 482 g/mol. The fourth-order valence-electron chi connectivity index (χ4n) is 4.65. The minimum Gasteiger partial charge on any atom is -0.474 e. The van der Waals surface area contributed by atoms with E-state index in [1.807, 2.05) is 18.9 Å². The highest BCUT2D eigenvalue weighted by molar-refractivity contribution is 5.99. The Balaban J connectivity index is 1.61. The number of nitrogens with zero attached hydrogens (tertiary/aromatic N) is 4. The van der Waals surface area contributed by atoms with Crippen molar-refractivity contribution < 1.29 is 23.8 Å². The molecule has 35 heavy (non-hydrogen) atoms. The van der Waals surface area contributed by atoms with Gasteiger partial charge in [0.25, 0.3) is 0 Å². The Hall–Kier alpha value is -3.70. The molecule has 1 aromatic carbocycles. The summed E-state index contributed by atoms with van der Waals surface area (Å²) in [4.78, 5) is 24.1. The summed E-state index contributed by atoms with van der Waals surface area (Å²) >= 11 is 0. The summed E-state index contributed by atoms with van der Waals surface area (Å²) in [5.41, 5.74) is 8.47. The number of hydrogen-bond donors (Lipinski definition) is 3. The Morgan fingerprint density at radius 3 is 2.91 bits per heavy atom. The van der Waals surface area contributed by atoms with Gasteiger partial charge in [-0.05, 0) is 37.1 Å². The van der Waals surface area contributed by atoms with Crippen LogP contribution >= 0.6 is 0 Å². The van der Waals surface area contributed by atoms with Gasteiger partial charge in [-0.25, -0.2) is 19.2 Å². The molecule has 10 nitrogen and oxygen atoms in total. The third-order valence-corrected chi connectivity index (χ3v) is 6.49. The van der Waals surface area contributed by atoms with Crippen LogP contribution in [0.2, 0.25) is 0 Å². The summed E-state index contributed by atoms with van der Waals surface area (Å²) < 4.78 is 26.6. The van der Waals surface area contributed by atoms with Crippen molar-refractivity contribution in [2.75, 3.05) is 62.5 Å². The second-order valence-corrected chi connectivity index (χ2v) is 8.81. The first kappa shape index (κ1) is 23.1. The smallest absolute Gasteiger partial charge is 0.413 e. The number of rotatable bonds is 3. The molecule has 1 atom stereocenters. The maximum atomic E-state index is 15.4. The number of fused-ring (bicyclic) bond motifs is 2. The van der Waals surface area contributed by atoms with Gasteiger partial charge in [0.2, 0.25) is 5.88 Å². The predicted molar refractivity (Wildman–Crippen MR) is 131 cm³/mol. The molecule has 11 heteroatoms.